The van der Waals surface area contributed by atoms with E-state index in [1.54, 1.807) is 24.4 Å². The molecular weight excluding hydrogens is 384 g/mol. The molecule has 0 unspecified atom stereocenters. The van der Waals surface area contributed by atoms with E-state index in [-0.39, 0.29) is 16.9 Å². The van der Waals surface area contributed by atoms with E-state index in [1.165, 1.54) is 25.1 Å². The van der Waals surface area contributed by atoms with Gasteiger partial charge in [0.05, 0.1) is 21.9 Å². The summed E-state index contributed by atoms with van der Waals surface area (Å²) in [7, 11) is 0. The number of non-ortho nitro benzene ring substituents is 1. The minimum Gasteiger partial charge on any atom is -0.339 e. The molecule has 1 N–H and O–H groups in total. The highest BCUT2D eigenvalue weighted by Gasteiger charge is 2.38. The molecule has 8 heteroatoms. The van der Waals surface area contributed by atoms with Gasteiger partial charge in [-0.15, -0.1) is 0 Å². The van der Waals surface area contributed by atoms with Crippen molar-refractivity contribution in [1.82, 2.24) is 4.98 Å². The number of fused-ring (bicyclic) bond motifs is 1. The summed E-state index contributed by atoms with van der Waals surface area (Å²) in [6.45, 7) is 1.25. The van der Waals surface area contributed by atoms with E-state index < -0.39 is 16.7 Å². The van der Waals surface area contributed by atoms with Crippen LogP contribution in [0.5, 0.6) is 0 Å². The van der Waals surface area contributed by atoms with Crippen LogP contribution in [-0.4, -0.2) is 21.7 Å². The maximum absolute atomic E-state index is 13.3. The average Bonchev–Trinajstić information content (AvgIpc) is 3.04. The lowest BCUT2D eigenvalue weighted by atomic mass is 10.00. The predicted molar refractivity (Wildman–Crippen MR) is 112 cm³/mol. The molecule has 2 amide bonds. The van der Waals surface area contributed by atoms with Crippen molar-refractivity contribution in [3.63, 3.8) is 0 Å². The summed E-state index contributed by atoms with van der Waals surface area (Å²) < 4.78 is 0. The van der Waals surface area contributed by atoms with Crippen molar-refractivity contribution < 1.29 is 14.5 Å². The van der Waals surface area contributed by atoms with Crippen molar-refractivity contribution in [2.45, 2.75) is 6.92 Å². The zero-order chi connectivity index (χ0) is 21.3. The molecule has 4 rings (SSSR count). The van der Waals surface area contributed by atoms with E-state index in [1.807, 2.05) is 30.3 Å². The molecule has 1 aliphatic rings. The molecule has 3 aromatic rings. The molecular formula is C22H16N4O4. The third kappa shape index (κ3) is 3.30. The number of aromatic nitrogens is 1. The smallest absolute Gasteiger partial charge is 0.271 e. The van der Waals surface area contributed by atoms with Crippen LogP contribution in [0.3, 0.4) is 0 Å². The lowest BCUT2D eigenvalue weighted by Crippen LogP contribution is -2.31. The number of rotatable bonds is 4. The van der Waals surface area contributed by atoms with Gasteiger partial charge in [-0.3, -0.25) is 19.7 Å². The maximum Gasteiger partial charge on any atom is 0.271 e. The second kappa shape index (κ2) is 7.59. The monoisotopic (exact) mass is 400 g/mol. The number of nitro groups is 1. The molecule has 2 aromatic carbocycles. The minimum absolute atomic E-state index is 0.188. The van der Waals surface area contributed by atoms with Gasteiger partial charge in [-0.25, -0.2) is 9.88 Å². The van der Waals surface area contributed by atoms with Crippen molar-refractivity contribution in [3.05, 3.63) is 94.2 Å². The maximum atomic E-state index is 13.3. The third-order valence-electron chi connectivity index (χ3n) is 4.66. The van der Waals surface area contributed by atoms with E-state index in [4.69, 9.17) is 0 Å². The van der Waals surface area contributed by atoms with Gasteiger partial charge in [0, 0.05) is 30.8 Å². The molecule has 148 valence electrons. The van der Waals surface area contributed by atoms with Crippen LogP contribution in [-0.2, 0) is 9.59 Å². The fourth-order valence-corrected chi connectivity index (χ4v) is 3.37. The molecule has 30 heavy (non-hydrogen) atoms. The summed E-state index contributed by atoms with van der Waals surface area (Å²) in [6.07, 6.45) is 1.62. The van der Waals surface area contributed by atoms with Crippen LogP contribution in [0.1, 0.15) is 18.1 Å². The Morgan fingerprint density at radius 1 is 1.07 bits per heavy atom. The van der Waals surface area contributed by atoms with E-state index >= 15 is 0 Å². The Balaban J connectivity index is 1.98. The number of carbonyl (C=O) groups is 2. The van der Waals surface area contributed by atoms with Gasteiger partial charge in [0.1, 0.15) is 5.82 Å². The molecule has 0 radical (unpaired) electrons. The van der Waals surface area contributed by atoms with Gasteiger partial charge in [0.15, 0.2) is 0 Å². The fraction of sp³-hybridized carbons (Fsp3) is 0.0455. The van der Waals surface area contributed by atoms with Gasteiger partial charge >= 0.3 is 0 Å². The minimum atomic E-state index is -0.560. The number of imide groups is 1. The summed E-state index contributed by atoms with van der Waals surface area (Å²) in [5.41, 5.74) is 1.83. The van der Waals surface area contributed by atoms with Crippen LogP contribution in [0.2, 0.25) is 0 Å². The molecule has 0 atom stereocenters. The molecule has 0 saturated carbocycles. The van der Waals surface area contributed by atoms with E-state index in [0.29, 0.717) is 22.6 Å². The largest absolute Gasteiger partial charge is 0.339 e. The highest BCUT2D eigenvalue weighted by atomic mass is 16.6. The van der Waals surface area contributed by atoms with Gasteiger partial charge in [0.25, 0.3) is 11.6 Å². The Labute approximate surface area is 171 Å². The van der Waals surface area contributed by atoms with Crippen LogP contribution >= 0.6 is 0 Å². The topological polar surface area (TPSA) is 105 Å². The molecule has 1 aromatic heterocycles. The number of pyridine rings is 1. The number of carbonyl (C=O) groups excluding carboxylic acids is 2. The Bertz CT molecular complexity index is 1190. The molecule has 1 aliphatic heterocycles. The van der Waals surface area contributed by atoms with Gasteiger partial charge in [-0.2, -0.15) is 0 Å². The molecule has 8 nitrogen and oxygen atoms in total. The van der Waals surface area contributed by atoms with Gasteiger partial charge in [-0.1, -0.05) is 36.4 Å². The number of nitrogens with one attached hydrogen (secondary N) is 1. The van der Waals surface area contributed by atoms with Gasteiger partial charge in [0.2, 0.25) is 5.91 Å². The molecule has 0 saturated heterocycles. The van der Waals surface area contributed by atoms with Crippen molar-refractivity contribution in [2.24, 2.45) is 0 Å². The van der Waals surface area contributed by atoms with Crippen molar-refractivity contribution in [2.75, 3.05) is 10.2 Å². The van der Waals surface area contributed by atoms with Crippen molar-refractivity contribution >= 4 is 40.3 Å². The summed E-state index contributed by atoms with van der Waals surface area (Å²) in [4.78, 5) is 41.4. The first kappa shape index (κ1) is 19.0. The van der Waals surface area contributed by atoms with Gasteiger partial charge in [-0.05, 0) is 23.8 Å². The number of hydrogen-bond donors (Lipinski definition) is 1. The summed E-state index contributed by atoms with van der Waals surface area (Å²) in [6, 6.07) is 18.5. The Kier molecular flexibility index (Phi) is 4.81. The van der Waals surface area contributed by atoms with Crippen LogP contribution in [0.15, 0.2) is 72.9 Å². The standard InChI is InChI=1S/C22H16N4O4/c1-14(27)25-18-13-16(26(29)30)10-11-17(18)20(22(25)28)21(15-7-3-2-4-8-15)24-19-9-5-6-12-23-19/h2-13H,1H3,(H,23,24)/b21-20-. The number of anilines is 2. The second-order valence-electron chi connectivity index (χ2n) is 6.57. The summed E-state index contributed by atoms with van der Waals surface area (Å²) >= 11 is 0. The van der Waals surface area contributed by atoms with Crippen molar-refractivity contribution in [1.29, 1.82) is 0 Å². The Morgan fingerprint density at radius 2 is 1.80 bits per heavy atom. The quantitative estimate of drug-likeness (QED) is 0.405. The normalized spacial score (nSPS) is 14.3. The molecule has 0 aliphatic carbocycles. The summed E-state index contributed by atoms with van der Waals surface area (Å²) in [5, 5.41) is 14.4. The lowest BCUT2D eigenvalue weighted by Gasteiger charge is -2.15. The predicted octanol–water partition coefficient (Wildman–Crippen LogP) is 3.86. The number of hydrogen-bond acceptors (Lipinski definition) is 6. The second-order valence-corrected chi connectivity index (χ2v) is 6.57. The molecule has 0 bridgehead atoms. The molecule has 0 spiro atoms. The van der Waals surface area contributed by atoms with E-state index in [9.17, 15) is 19.7 Å². The first-order valence-electron chi connectivity index (χ1n) is 9.09. The fourth-order valence-electron chi connectivity index (χ4n) is 3.37. The average molecular weight is 400 g/mol. The highest BCUT2D eigenvalue weighted by molar-refractivity contribution is 6.43. The number of benzene rings is 2. The van der Waals surface area contributed by atoms with Crippen LogP contribution in [0, 0.1) is 10.1 Å². The van der Waals surface area contributed by atoms with E-state index in [0.717, 1.165) is 4.90 Å². The Hall–Kier alpha value is -4.33. The highest BCUT2D eigenvalue weighted by Crippen LogP contribution is 2.42. The first-order chi connectivity index (χ1) is 14.5. The molecule has 2 heterocycles. The zero-order valence-electron chi connectivity index (χ0n) is 15.9. The van der Waals surface area contributed by atoms with Crippen LogP contribution in [0.25, 0.3) is 11.3 Å². The zero-order valence-corrected chi connectivity index (χ0v) is 15.9. The Morgan fingerprint density at radius 3 is 2.43 bits per heavy atom. The van der Waals surface area contributed by atoms with Crippen LogP contribution in [0.4, 0.5) is 17.2 Å². The first-order valence-corrected chi connectivity index (χ1v) is 9.09. The summed E-state index contributed by atoms with van der Waals surface area (Å²) in [5.74, 6) is -0.566. The lowest BCUT2D eigenvalue weighted by molar-refractivity contribution is -0.384. The number of amides is 2. The molecule has 0 fully saturated rings. The van der Waals surface area contributed by atoms with E-state index in [2.05, 4.69) is 10.3 Å². The number of nitro benzene ring substituents is 1. The van der Waals surface area contributed by atoms with Crippen molar-refractivity contribution in [3.8, 4) is 0 Å². The number of nitrogens with zero attached hydrogens (tertiary/aromatic N) is 3. The SMILES string of the molecule is CC(=O)N1C(=O)/C(=C(\Nc2ccccn2)c2ccccc2)c2ccc([N+](=O)[O-])cc21. The third-order valence-corrected chi connectivity index (χ3v) is 4.66. The van der Waals surface area contributed by atoms with Gasteiger partial charge < -0.3 is 5.32 Å². The van der Waals surface area contributed by atoms with Crippen LogP contribution < -0.4 is 10.2 Å².